The maximum atomic E-state index is 12.6. The number of fused-ring (bicyclic) bond motifs is 1. The van der Waals surface area contributed by atoms with Gasteiger partial charge in [-0.05, 0) is 32.3 Å². The van der Waals surface area contributed by atoms with Gasteiger partial charge in [0.05, 0.1) is 23.2 Å². The van der Waals surface area contributed by atoms with Crippen molar-refractivity contribution in [1.29, 1.82) is 0 Å². The number of carbonyl (C=O) groups is 1. The van der Waals surface area contributed by atoms with Gasteiger partial charge in [0, 0.05) is 29.4 Å². The summed E-state index contributed by atoms with van der Waals surface area (Å²) in [7, 11) is 0. The molecule has 2 heterocycles. The van der Waals surface area contributed by atoms with E-state index in [2.05, 4.69) is 34.6 Å². The molecule has 1 aliphatic heterocycles. The molecule has 1 saturated heterocycles. The molecule has 1 saturated carbocycles. The van der Waals surface area contributed by atoms with Crippen molar-refractivity contribution >= 4 is 17.2 Å². The van der Waals surface area contributed by atoms with Gasteiger partial charge in [0.1, 0.15) is 0 Å². The zero-order chi connectivity index (χ0) is 17.4. The number of aromatic nitrogens is 1. The molecule has 25 heavy (non-hydrogen) atoms. The van der Waals surface area contributed by atoms with Gasteiger partial charge in [-0.3, -0.25) is 4.79 Å². The van der Waals surface area contributed by atoms with Crippen LogP contribution in [0.15, 0.2) is 30.3 Å². The number of hydrogen-bond donors (Lipinski definition) is 1. The minimum atomic E-state index is 0.111. The normalized spacial score (nSPS) is 27.6. The molecular formula is C20H24N2O2S. The van der Waals surface area contributed by atoms with Crippen LogP contribution in [0.5, 0.6) is 0 Å². The molecule has 4 atom stereocenters. The average Bonchev–Trinajstić information content (AvgIpc) is 3.15. The fraction of sp³-hybridized carbons (Fsp3) is 0.500. The SMILES string of the molecule is Cc1nc(C)c(CC(=O)N[C@@H]2[C@@H](Cc3ccccc3)[C@H]3OCC[C@@H]23)s1. The number of rotatable bonds is 5. The van der Waals surface area contributed by atoms with Gasteiger partial charge in [0.25, 0.3) is 0 Å². The van der Waals surface area contributed by atoms with E-state index in [4.69, 9.17) is 4.74 Å². The summed E-state index contributed by atoms with van der Waals surface area (Å²) in [4.78, 5) is 18.1. The maximum Gasteiger partial charge on any atom is 0.225 e. The molecule has 0 spiro atoms. The van der Waals surface area contributed by atoms with E-state index < -0.39 is 0 Å². The molecule has 0 unspecified atom stereocenters. The molecule has 4 nitrogen and oxygen atoms in total. The van der Waals surface area contributed by atoms with Crippen molar-refractivity contribution < 1.29 is 9.53 Å². The van der Waals surface area contributed by atoms with E-state index in [1.807, 2.05) is 19.9 Å². The van der Waals surface area contributed by atoms with E-state index in [0.717, 1.165) is 35.0 Å². The number of aryl methyl sites for hydroxylation is 2. The number of nitrogens with zero attached hydrogens (tertiary/aromatic N) is 1. The highest BCUT2D eigenvalue weighted by Gasteiger charge is 2.53. The van der Waals surface area contributed by atoms with Crippen LogP contribution >= 0.6 is 11.3 Å². The fourth-order valence-corrected chi connectivity index (χ4v) is 5.23. The number of hydrogen-bond acceptors (Lipinski definition) is 4. The van der Waals surface area contributed by atoms with Crippen molar-refractivity contribution in [3.8, 4) is 0 Å². The minimum absolute atomic E-state index is 0.111. The zero-order valence-electron chi connectivity index (χ0n) is 14.7. The number of carbonyl (C=O) groups excluding carboxylic acids is 1. The molecular weight excluding hydrogens is 332 g/mol. The minimum Gasteiger partial charge on any atom is -0.377 e. The summed E-state index contributed by atoms with van der Waals surface area (Å²) in [6.45, 7) is 4.79. The van der Waals surface area contributed by atoms with Crippen LogP contribution in [-0.2, 0) is 22.4 Å². The van der Waals surface area contributed by atoms with Crippen molar-refractivity contribution in [2.45, 2.75) is 45.3 Å². The molecule has 132 valence electrons. The first-order chi connectivity index (χ1) is 12.1. The molecule has 1 aliphatic carbocycles. The zero-order valence-corrected chi connectivity index (χ0v) is 15.5. The summed E-state index contributed by atoms with van der Waals surface area (Å²) in [5.41, 5.74) is 2.30. The number of benzene rings is 1. The Hall–Kier alpha value is -1.72. The molecule has 2 aliphatic rings. The van der Waals surface area contributed by atoms with Crippen LogP contribution in [0, 0.1) is 25.7 Å². The lowest BCUT2D eigenvalue weighted by Crippen LogP contribution is -2.62. The summed E-state index contributed by atoms with van der Waals surface area (Å²) in [5.74, 6) is 0.963. The second-order valence-corrected chi connectivity index (χ2v) is 8.44. The summed E-state index contributed by atoms with van der Waals surface area (Å²) in [6.07, 6.45) is 2.76. The third kappa shape index (κ3) is 3.35. The Morgan fingerprint density at radius 2 is 2.12 bits per heavy atom. The van der Waals surface area contributed by atoms with Gasteiger partial charge in [-0.15, -0.1) is 11.3 Å². The fourth-order valence-electron chi connectivity index (χ4n) is 4.29. The van der Waals surface area contributed by atoms with Crippen LogP contribution in [0.4, 0.5) is 0 Å². The second kappa shape index (κ2) is 6.89. The Morgan fingerprint density at radius 3 is 2.84 bits per heavy atom. The molecule has 2 aromatic rings. The van der Waals surface area contributed by atoms with Crippen molar-refractivity contribution in [2.24, 2.45) is 11.8 Å². The molecule has 1 amide bonds. The highest BCUT2D eigenvalue weighted by atomic mass is 32.1. The standard InChI is InChI=1S/C20H24N2O2S/c1-12-17(25-13(2)21-12)11-18(23)22-19-15-8-9-24-20(15)16(19)10-14-6-4-3-5-7-14/h3-7,15-16,19-20H,8-11H2,1-2H3,(H,22,23)/t15-,16+,19-,20-/m0/s1. The van der Waals surface area contributed by atoms with Crippen molar-refractivity contribution in [2.75, 3.05) is 6.61 Å². The van der Waals surface area contributed by atoms with Gasteiger partial charge in [-0.2, -0.15) is 0 Å². The van der Waals surface area contributed by atoms with Gasteiger partial charge in [-0.25, -0.2) is 4.98 Å². The van der Waals surface area contributed by atoms with E-state index in [0.29, 0.717) is 24.4 Å². The van der Waals surface area contributed by atoms with Crippen molar-refractivity contribution in [1.82, 2.24) is 10.3 Å². The summed E-state index contributed by atoms with van der Waals surface area (Å²) < 4.78 is 5.93. The summed E-state index contributed by atoms with van der Waals surface area (Å²) in [5, 5.41) is 4.33. The van der Waals surface area contributed by atoms with Gasteiger partial charge in [0.2, 0.25) is 5.91 Å². The first-order valence-electron chi connectivity index (χ1n) is 8.99. The molecule has 1 aromatic carbocycles. The van der Waals surface area contributed by atoms with Gasteiger partial charge in [-0.1, -0.05) is 30.3 Å². The average molecular weight is 356 g/mol. The Labute approximate surface area is 152 Å². The third-order valence-corrected chi connectivity index (χ3v) is 6.56. The molecule has 5 heteroatoms. The van der Waals surface area contributed by atoms with Crippen LogP contribution in [0.25, 0.3) is 0 Å². The first-order valence-corrected chi connectivity index (χ1v) is 9.81. The Morgan fingerprint density at radius 1 is 1.32 bits per heavy atom. The molecule has 0 bridgehead atoms. The second-order valence-electron chi connectivity index (χ2n) is 7.15. The lowest BCUT2D eigenvalue weighted by atomic mass is 9.64. The van der Waals surface area contributed by atoms with E-state index >= 15 is 0 Å². The van der Waals surface area contributed by atoms with Crippen LogP contribution < -0.4 is 5.32 Å². The highest BCUT2D eigenvalue weighted by molar-refractivity contribution is 7.11. The van der Waals surface area contributed by atoms with E-state index in [-0.39, 0.29) is 11.9 Å². The smallest absolute Gasteiger partial charge is 0.225 e. The lowest BCUT2D eigenvalue weighted by Gasteiger charge is -2.48. The number of thiazole rings is 1. The Bertz CT molecular complexity index is 758. The molecule has 2 fully saturated rings. The van der Waals surface area contributed by atoms with Crippen LogP contribution in [-0.4, -0.2) is 29.6 Å². The van der Waals surface area contributed by atoms with Crippen molar-refractivity contribution in [3.05, 3.63) is 51.5 Å². The van der Waals surface area contributed by atoms with Crippen LogP contribution in [0.2, 0.25) is 0 Å². The van der Waals surface area contributed by atoms with E-state index in [9.17, 15) is 4.79 Å². The van der Waals surface area contributed by atoms with Gasteiger partial charge < -0.3 is 10.1 Å². The van der Waals surface area contributed by atoms with E-state index in [1.165, 1.54) is 5.56 Å². The monoisotopic (exact) mass is 356 g/mol. The highest BCUT2D eigenvalue weighted by Crippen LogP contribution is 2.45. The number of amides is 1. The van der Waals surface area contributed by atoms with Gasteiger partial charge >= 0.3 is 0 Å². The lowest BCUT2D eigenvalue weighted by molar-refractivity contribution is -0.126. The predicted octanol–water partition coefficient (Wildman–Crippen LogP) is 3.06. The topological polar surface area (TPSA) is 51.2 Å². The molecule has 1 N–H and O–H groups in total. The third-order valence-electron chi connectivity index (χ3n) is 5.49. The van der Waals surface area contributed by atoms with Crippen LogP contribution in [0.1, 0.15) is 27.6 Å². The quantitative estimate of drug-likeness (QED) is 0.896. The van der Waals surface area contributed by atoms with Gasteiger partial charge in [0.15, 0.2) is 0 Å². The largest absolute Gasteiger partial charge is 0.377 e. The molecule has 4 rings (SSSR count). The van der Waals surface area contributed by atoms with E-state index in [1.54, 1.807) is 11.3 Å². The maximum absolute atomic E-state index is 12.6. The summed E-state index contributed by atoms with van der Waals surface area (Å²) >= 11 is 1.62. The Kier molecular flexibility index (Phi) is 4.61. The number of ether oxygens (including phenoxy) is 1. The number of nitrogens with one attached hydrogen (secondary N) is 1. The predicted molar refractivity (Wildman–Crippen MR) is 98.7 cm³/mol. The molecule has 1 aromatic heterocycles. The van der Waals surface area contributed by atoms with Crippen molar-refractivity contribution in [3.63, 3.8) is 0 Å². The van der Waals surface area contributed by atoms with Crippen LogP contribution in [0.3, 0.4) is 0 Å². The molecule has 0 radical (unpaired) electrons. The summed E-state index contributed by atoms with van der Waals surface area (Å²) in [6, 6.07) is 10.7. The Balaban J connectivity index is 1.42. The first kappa shape index (κ1) is 16.7.